The number of esters is 1. The SMILES string of the molecule is COC(=O)C(c1ccc2cc(C(F)(F)F)ccc2c1)C(F)F. The van der Waals surface area contributed by atoms with E-state index in [1.54, 1.807) is 0 Å². The highest BCUT2D eigenvalue weighted by molar-refractivity contribution is 5.86. The maximum absolute atomic E-state index is 13.0. The highest BCUT2D eigenvalue weighted by atomic mass is 19.4. The highest BCUT2D eigenvalue weighted by Crippen LogP contribution is 2.33. The summed E-state index contributed by atoms with van der Waals surface area (Å²) in [7, 11) is 0.994. The second-order valence-electron chi connectivity index (χ2n) is 4.65. The van der Waals surface area contributed by atoms with Crippen LogP contribution >= 0.6 is 0 Å². The van der Waals surface area contributed by atoms with E-state index in [9.17, 15) is 26.7 Å². The van der Waals surface area contributed by atoms with Gasteiger partial charge in [0.15, 0.2) is 0 Å². The van der Waals surface area contributed by atoms with Gasteiger partial charge in [-0.15, -0.1) is 0 Å². The molecule has 0 N–H and O–H groups in total. The number of rotatable bonds is 3. The van der Waals surface area contributed by atoms with Gasteiger partial charge in [-0.25, -0.2) is 8.78 Å². The number of fused-ring (bicyclic) bond motifs is 1. The molecule has 0 heterocycles. The van der Waals surface area contributed by atoms with Gasteiger partial charge in [0.2, 0.25) is 0 Å². The van der Waals surface area contributed by atoms with E-state index in [1.807, 2.05) is 0 Å². The average Bonchev–Trinajstić information content (AvgIpc) is 2.45. The third kappa shape index (κ3) is 3.18. The fourth-order valence-electron chi connectivity index (χ4n) is 2.15. The molecule has 0 aliphatic rings. The third-order valence-electron chi connectivity index (χ3n) is 3.26. The van der Waals surface area contributed by atoms with Gasteiger partial charge in [-0.2, -0.15) is 13.2 Å². The summed E-state index contributed by atoms with van der Waals surface area (Å²) in [6.45, 7) is 0. The molecule has 2 rings (SSSR count). The molecule has 0 bridgehead atoms. The lowest BCUT2D eigenvalue weighted by Gasteiger charge is -2.15. The summed E-state index contributed by atoms with van der Waals surface area (Å²) in [6.07, 6.45) is -7.45. The van der Waals surface area contributed by atoms with Crippen molar-refractivity contribution in [1.29, 1.82) is 0 Å². The van der Waals surface area contributed by atoms with E-state index in [-0.39, 0.29) is 10.9 Å². The largest absolute Gasteiger partial charge is 0.468 e. The number of methoxy groups -OCH3 is 1. The van der Waals surface area contributed by atoms with Crippen molar-refractivity contribution in [3.8, 4) is 0 Å². The van der Waals surface area contributed by atoms with Crippen molar-refractivity contribution < 1.29 is 31.5 Å². The summed E-state index contributed by atoms with van der Waals surface area (Å²) in [4.78, 5) is 11.4. The van der Waals surface area contributed by atoms with Gasteiger partial charge in [0.25, 0.3) is 6.43 Å². The van der Waals surface area contributed by atoms with Gasteiger partial charge >= 0.3 is 12.1 Å². The Hall–Kier alpha value is -2.18. The van der Waals surface area contributed by atoms with Crippen LogP contribution in [0, 0.1) is 0 Å². The van der Waals surface area contributed by atoms with Crippen LogP contribution in [0.15, 0.2) is 36.4 Å². The molecule has 7 heteroatoms. The summed E-state index contributed by atoms with van der Waals surface area (Å²) in [5.74, 6) is -2.86. The maximum atomic E-state index is 13.0. The first-order valence-corrected chi connectivity index (χ1v) is 6.21. The first-order valence-electron chi connectivity index (χ1n) is 6.21. The van der Waals surface area contributed by atoms with Crippen LogP contribution in [0.3, 0.4) is 0 Å². The van der Waals surface area contributed by atoms with Gasteiger partial charge in [-0.1, -0.05) is 24.3 Å². The molecule has 0 radical (unpaired) electrons. The minimum absolute atomic E-state index is 0.00545. The Morgan fingerprint density at radius 3 is 2.18 bits per heavy atom. The molecule has 118 valence electrons. The first-order chi connectivity index (χ1) is 10.2. The molecule has 22 heavy (non-hydrogen) atoms. The number of hydrogen-bond acceptors (Lipinski definition) is 2. The quantitative estimate of drug-likeness (QED) is 0.620. The van der Waals surface area contributed by atoms with Crippen LogP contribution in [0.5, 0.6) is 0 Å². The first kappa shape index (κ1) is 16.2. The molecule has 0 aliphatic carbocycles. The Balaban J connectivity index is 2.49. The molecule has 2 nitrogen and oxygen atoms in total. The second kappa shape index (κ2) is 5.90. The fourth-order valence-corrected chi connectivity index (χ4v) is 2.15. The summed E-state index contributed by atoms with van der Waals surface area (Å²) >= 11 is 0. The lowest BCUT2D eigenvalue weighted by atomic mass is 9.96. The van der Waals surface area contributed by atoms with E-state index in [2.05, 4.69) is 4.74 Å². The van der Waals surface area contributed by atoms with E-state index in [1.165, 1.54) is 24.3 Å². The Morgan fingerprint density at radius 1 is 1.05 bits per heavy atom. The standard InChI is InChI=1S/C15H11F5O2/c1-22-14(21)12(13(16)17)10-3-2-9-7-11(15(18,19)20)5-4-8(9)6-10/h2-7,12-13H,1H3. The molecule has 2 aromatic carbocycles. The molecule has 0 amide bonds. The monoisotopic (exact) mass is 318 g/mol. The summed E-state index contributed by atoms with van der Waals surface area (Å²) in [6, 6.07) is 6.72. The molecule has 0 aliphatic heterocycles. The molecular formula is C15H11F5O2. The van der Waals surface area contributed by atoms with Gasteiger partial charge in [-0.3, -0.25) is 4.79 Å². The average molecular weight is 318 g/mol. The molecular weight excluding hydrogens is 307 g/mol. The molecule has 0 saturated heterocycles. The molecule has 2 aromatic rings. The number of alkyl halides is 5. The number of halogens is 5. The molecule has 0 fully saturated rings. The van der Waals surface area contributed by atoms with E-state index >= 15 is 0 Å². The van der Waals surface area contributed by atoms with Crippen LogP contribution in [-0.2, 0) is 15.7 Å². The van der Waals surface area contributed by atoms with E-state index in [4.69, 9.17) is 0 Å². The van der Waals surface area contributed by atoms with Crippen molar-refractivity contribution in [3.63, 3.8) is 0 Å². The third-order valence-corrected chi connectivity index (χ3v) is 3.26. The normalized spacial score (nSPS) is 13.4. The lowest BCUT2D eigenvalue weighted by Crippen LogP contribution is -2.21. The van der Waals surface area contributed by atoms with Crippen LogP contribution in [-0.4, -0.2) is 19.5 Å². The smallest absolute Gasteiger partial charge is 0.416 e. The van der Waals surface area contributed by atoms with Gasteiger partial charge in [-0.05, 0) is 28.5 Å². The van der Waals surface area contributed by atoms with E-state index in [0.29, 0.717) is 5.39 Å². The van der Waals surface area contributed by atoms with Crippen molar-refractivity contribution in [2.75, 3.05) is 7.11 Å². The minimum atomic E-state index is -4.48. The van der Waals surface area contributed by atoms with Crippen molar-refractivity contribution in [1.82, 2.24) is 0 Å². The Morgan fingerprint density at radius 2 is 1.64 bits per heavy atom. The number of carbonyl (C=O) groups is 1. The number of hydrogen-bond donors (Lipinski definition) is 0. The summed E-state index contributed by atoms with van der Waals surface area (Å²) < 4.78 is 68.2. The van der Waals surface area contributed by atoms with Gasteiger partial charge in [0.05, 0.1) is 12.7 Å². The van der Waals surface area contributed by atoms with Crippen molar-refractivity contribution in [2.45, 2.75) is 18.5 Å². The van der Waals surface area contributed by atoms with Crippen molar-refractivity contribution >= 4 is 16.7 Å². The van der Waals surface area contributed by atoms with Crippen molar-refractivity contribution in [2.24, 2.45) is 0 Å². The highest BCUT2D eigenvalue weighted by Gasteiger charge is 2.32. The zero-order chi connectivity index (χ0) is 16.5. The Labute approximate surface area is 122 Å². The number of ether oxygens (including phenoxy) is 1. The van der Waals surface area contributed by atoms with Gasteiger partial charge in [0.1, 0.15) is 5.92 Å². The molecule has 0 aromatic heterocycles. The predicted molar refractivity (Wildman–Crippen MR) is 69.7 cm³/mol. The van der Waals surface area contributed by atoms with Gasteiger partial charge < -0.3 is 4.74 Å². The molecule has 0 saturated carbocycles. The zero-order valence-electron chi connectivity index (χ0n) is 11.3. The fraction of sp³-hybridized carbons (Fsp3) is 0.267. The minimum Gasteiger partial charge on any atom is -0.468 e. The molecule has 0 spiro atoms. The lowest BCUT2D eigenvalue weighted by molar-refractivity contribution is -0.146. The molecule has 1 atom stereocenters. The Kier molecular flexibility index (Phi) is 4.35. The second-order valence-corrected chi connectivity index (χ2v) is 4.65. The number of benzene rings is 2. The molecule has 1 unspecified atom stereocenters. The van der Waals surface area contributed by atoms with Crippen LogP contribution in [0.1, 0.15) is 17.0 Å². The maximum Gasteiger partial charge on any atom is 0.416 e. The van der Waals surface area contributed by atoms with Crippen LogP contribution in [0.4, 0.5) is 22.0 Å². The van der Waals surface area contributed by atoms with Crippen LogP contribution < -0.4 is 0 Å². The summed E-state index contributed by atoms with van der Waals surface area (Å²) in [5, 5.41) is 0.580. The van der Waals surface area contributed by atoms with Crippen LogP contribution in [0.2, 0.25) is 0 Å². The van der Waals surface area contributed by atoms with Gasteiger partial charge in [0, 0.05) is 0 Å². The van der Waals surface area contributed by atoms with E-state index < -0.39 is 30.1 Å². The predicted octanol–water partition coefficient (Wildman–Crippen LogP) is 4.38. The topological polar surface area (TPSA) is 26.3 Å². The zero-order valence-corrected chi connectivity index (χ0v) is 11.3. The van der Waals surface area contributed by atoms with Crippen molar-refractivity contribution in [3.05, 3.63) is 47.5 Å². The van der Waals surface area contributed by atoms with E-state index in [0.717, 1.165) is 19.2 Å². The van der Waals surface area contributed by atoms with Crippen LogP contribution in [0.25, 0.3) is 10.8 Å². The number of carbonyl (C=O) groups excluding carboxylic acids is 1. The summed E-state index contributed by atoms with van der Waals surface area (Å²) in [5.41, 5.74) is -0.833. The Bertz CT molecular complexity index is 694.